The van der Waals surface area contributed by atoms with Crippen LogP contribution in [0.4, 0.5) is 4.39 Å². The summed E-state index contributed by atoms with van der Waals surface area (Å²) in [5.74, 6) is -0.244. The number of carbonyl (C=O) groups excluding carboxylic acids is 1. The van der Waals surface area contributed by atoms with Crippen LogP contribution in [-0.2, 0) is 6.54 Å². The molecule has 3 aromatic rings. The van der Waals surface area contributed by atoms with Crippen LogP contribution in [0.25, 0.3) is 10.6 Å². The molecule has 0 unspecified atom stereocenters. The van der Waals surface area contributed by atoms with Crippen molar-refractivity contribution in [2.75, 3.05) is 26.2 Å². The monoisotopic (exact) mass is 416 g/mol. The van der Waals surface area contributed by atoms with Gasteiger partial charge in [-0.2, -0.15) is 0 Å². The number of nitrogens with zero attached hydrogens (tertiary/aromatic N) is 4. The number of carbonyl (C=O) groups is 1. The lowest BCUT2D eigenvalue weighted by Crippen LogP contribution is -2.48. The van der Waals surface area contributed by atoms with Gasteiger partial charge in [0.15, 0.2) is 0 Å². The van der Waals surface area contributed by atoms with Crippen molar-refractivity contribution in [1.29, 1.82) is 0 Å². The summed E-state index contributed by atoms with van der Waals surface area (Å²) in [4.78, 5) is 27.0. The van der Waals surface area contributed by atoms with E-state index in [-0.39, 0.29) is 11.7 Å². The lowest BCUT2D eigenvalue weighted by Gasteiger charge is -2.34. The van der Waals surface area contributed by atoms with Crippen molar-refractivity contribution >= 4 is 28.6 Å². The average Bonchev–Trinajstić information content (AvgIpc) is 3.28. The Balaban J connectivity index is 1.40. The molecule has 0 spiro atoms. The summed E-state index contributed by atoms with van der Waals surface area (Å²) < 4.78 is 13.1. The zero-order valence-corrected chi connectivity index (χ0v) is 17.4. The summed E-state index contributed by atoms with van der Waals surface area (Å²) in [6, 6.07) is 6.22. The average molecular weight is 417 g/mol. The number of piperazine rings is 1. The molecule has 1 aliphatic heterocycles. The molecule has 0 radical (unpaired) electrons. The van der Waals surface area contributed by atoms with E-state index >= 15 is 0 Å². The van der Waals surface area contributed by atoms with Crippen molar-refractivity contribution in [2.45, 2.75) is 20.4 Å². The Morgan fingerprint density at radius 1 is 1.11 bits per heavy atom. The second-order valence-electron chi connectivity index (χ2n) is 6.87. The van der Waals surface area contributed by atoms with E-state index in [1.54, 1.807) is 23.5 Å². The van der Waals surface area contributed by atoms with Gasteiger partial charge >= 0.3 is 0 Å². The quantitative estimate of drug-likeness (QED) is 0.646. The van der Waals surface area contributed by atoms with Crippen LogP contribution in [0.5, 0.6) is 0 Å². The Morgan fingerprint density at radius 2 is 1.82 bits per heavy atom. The number of aryl methyl sites for hydroxylation is 2. The van der Waals surface area contributed by atoms with Gasteiger partial charge in [0.1, 0.15) is 15.7 Å². The van der Waals surface area contributed by atoms with Crippen LogP contribution >= 0.6 is 22.7 Å². The van der Waals surface area contributed by atoms with Gasteiger partial charge in [-0.15, -0.1) is 22.7 Å². The molecular weight excluding hydrogens is 395 g/mol. The molecule has 4 rings (SSSR count). The van der Waals surface area contributed by atoms with Crippen molar-refractivity contribution in [3.8, 4) is 10.6 Å². The highest BCUT2D eigenvalue weighted by molar-refractivity contribution is 7.17. The molecule has 1 saturated heterocycles. The zero-order chi connectivity index (χ0) is 19.7. The number of rotatable bonds is 4. The highest BCUT2D eigenvalue weighted by Gasteiger charge is 2.26. The van der Waals surface area contributed by atoms with Gasteiger partial charge < -0.3 is 4.90 Å². The fourth-order valence-electron chi connectivity index (χ4n) is 3.27. The smallest absolute Gasteiger partial charge is 0.265 e. The van der Waals surface area contributed by atoms with E-state index in [4.69, 9.17) is 0 Å². The number of amides is 1. The molecule has 0 aliphatic carbocycles. The van der Waals surface area contributed by atoms with Gasteiger partial charge in [-0.05, 0) is 38.1 Å². The largest absolute Gasteiger partial charge is 0.335 e. The predicted molar refractivity (Wildman–Crippen MR) is 110 cm³/mol. The second-order valence-corrected chi connectivity index (χ2v) is 8.93. The van der Waals surface area contributed by atoms with Gasteiger partial charge in [0.25, 0.3) is 5.91 Å². The first-order chi connectivity index (χ1) is 13.5. The predicted octanol–water partition coefficient (Wildman–Crippen LogP) is 3.98. The molecule has 0 bridgehead atoms. The number of hydrogen-bond acceptors (Lipinski definition) is 6. The van der Waals surface area contributed by atoms with E-state index in [1.165, 1.54) is 23.5 Å². The first-order valence-corrected chi connectivity index (χ1v) is 10.9. The topological polar surface area (TPSA) is 49.3 Å². The minimum absolute atomic E-state index is 0.0347. The maximum absolute atomic E-state index is 13.1. The maximum atomic E-state index is 13.1. The maximum Gasteiger partial charge on any atom is 0.265 e. The number of aromatic nitrogens is 2. The van der Waals surface area contributed by atoms with Crippen molar-refractivity contribution in [2.24, 2.45) is 0 Å². The van der Waals surface area contributed by atoms with Gasteiger partial charge in [-0.3, -0.25) is 9.69 Å². The first kappa shape index (κ1) is 19.2. The minimum Gasteiger partial charge on any atom is -0.335 e. The lowest BCUT2D eigenvalue weighted by atomic mass is 10.2. The van der Waals surface area contributed by atoms with E-state index in [2.05, 4.69) is 20.2 Å². The number of thiazole rings is 2. The molecule has 5 nitrogen and oxygen atoms in total. The van der Waals surface area contributed by atoms with Gasteiger partial charge in [0, 0.05) is 43.7 Å². The van der Waals surface area contributed by atoms with Crippen LogP contribution < -0.4 is 0 Å². The fraction of sp³-hybridized carbons (Fsp3) is 0.350. The second kappa shape index (κ2) is 8.06. The number of benzene rings is 1. The van der Waals surface area contributed by atoms with Crippen molar-refractivity contribution in [3.63, 3.8) is 0 Å². The van der Waals surface area contributed by atoms with Crippen molar-refractivity contribution < 1.29 is 9.18 Å². The first-order valence-electron chi connectivity index (χ1n) is 9.15. The molecule has 0 atom stereocenters. The highest BCUT2D eigenvalue weighted by atomic mass is 32.1. The summed E-state index contributed by atoms with van der Waals surface area (Å²) >= 11 is 3.05. The molecular formula is C20H21FN4OS2. The van der Waals surface area contributed by atoms with Gasteiger partial charge in [0.05, 0.1) is 16.4 Å². The molecule has 3 heterocycles. The van der Waals surface area contributed by atoms with Crippen LogP contribution in [0.15, 0.2) is 29.6 Å². The molecule has 1 fully saturated rings. The van der Waals surface area contributed by atoms with Gasteiger partial charge in [0.2, 0.25) is 0 Å². The fourth-order valence-corrected chi connectivity index (χ4v) is 4.92. The Bertz CT molecular complexity index is 975. The van der Waals surface area contributed by atoms with Crippen molar-refractivity contribution in [3.05, 3.63) is 56.7 Å². The third kappa shape index (κ3) is 4.14. The van der Waals surface area contributed by atoms with E-state index in [0.717, 1.165) is 46.6 Å². The molecule has 1 aromatic carbocycles. The molecule has 0 N–H and O–H groups in total. The Kier molecular flexibility index (Phi) is 5.52. The van der Waals surface area contributed by atoms with E-state index in [1.807, 2.05) is 18.7 Å². The van der Waals surface area contributed by atoms with E-state index < -0.39 is 0 Å². The van der Waals surface area contributed by atoms with E-state index in [9.17, 15) is 9.18 Å². The molecule has 1 aliphatic rings. The summed E-state index contributed by atoms with van der Waals surface area (Å²) in [7, 11) is 0. The number of halogens is 1. The molecule has 0 saturated carbocycles. The Hall–Kier alpha value is -2.16. The Labute approximate surface area is 171 Å². The molecule has 28 heavy (non-hydrogen) atoms. The minimum atomic E-state index is -0.279. The summed E-state index contributed by atoms with van der Waals surface area (Å²) in [5.41, 5.74) is 2.66. The lowest BCUT2D eigenvalue weighted by molar-refractivity contribution is 0.0631. The van der Waals surface area contributed by atoms with Gasteiger partial charge in [-0.25, -0.2) is 14.4 Å². The summed E-state index contributed by atoms with van der Waals surface area (Å²) in [6.07, 6.45) is 0. The highest BCUT2D eigenvalue weighted by Crippen LogP contribution is 2.29. The van der Waals surface area contributed by atoms with Crippen LogP contribution in [0, 0.1) is 19.7 Å². The third-order valence-electron chi connectivity index (χ3n) is 4.79. The van der Waals surface area contributed by atoms with Gasteiger partial charge in [-0.1, -0.05) is 0 Å². The van der Waals surface area contributed by atoms with E-state index in [0.29, 0.717) is 18.0 Å². The zero-order valence-electron chi connectivity index (χ0n) is 15.8. The van der Waals surface area contributed by atoms with Crippen LogP contribution in [0.2, 0.25) is 0 Å². The van der Waals surface area contributed by atoms with Crippen LogP contribution in [-0.4, -0.2) is 51.9 Å². The molecule has 1 amide bonds. The summed E-state index contributed by atoms with van der Waals surface area (Å²) in [5, 5.41) is 3.93. The standard InChI is InChI=1S/C20H21FN4OS2/c1-13-18(28-19(22-13)15-3-5-16(21)6-4-15)20(26)25-9-7-24(8-10-25)11-17-12-27-14(2)23-17/h3-6,12H,7-11H2,1-2H3. The van der Waals surface area contributed by atoms with Crippen LogP contribution in [0.1, 0.15) is 26.1 Å². The summed E-state index contributed by atoms with van der Waals surface area (Å²) in [6.45, 7) is 7.78. The Morgan fingerprint density at radius 3 is 2.46 bits per heavy atom. The molecule has 8 heteroatoms. The molecule has 2 aromatic heterocycles. The van der Waals surface area contributed by atoms with Crippen LogP contribution in [0.3, 0.4) is 0 Å². The number of hydrogen-bond donors (Lipinski definition) is 0. The van der Waals surface area contributed by atoms with Crippen molar-refractivity contribution in [1.82, 2.24) is 19.8 Å². The third-order valence-corrected chi connectivity index (χ3v) is 6.81. The normalized spacial score (nSPS) is 15.2. The SMILES string of the molecule is Cc1nc(CN2CCN(C(=O)c3sc(-c4ccc(F)cc4)nc3C)CC2)cs1. The molecule has 146 valence electrons.